The lowest BCUT2D eigenvalue weighted by Crippen LogP contribution is -2.14. The summed E-state index contributed by atoms with van der Waals surface area (Å²) < 4.78 is 0. The summed E-state index contributed by atoms with van der Waals surface area (Å²) in [6.07, 6.45) is 1.47. The maximum absolute atomic E-state index is 12.3. The van der Waals surface area contributed by atoms with Crippen molar-refractivity contribution in [3.63, 3.8) is 0 Å². The second kappa shape index (κ2) is 7.70. The van der Waals surface area contributed by atoms with Crippen LogP contribution in [0.3, 0.4) is 0 Å². The minimum absolute atomic E-state index is 0.190. The summed E-state index contributed by atoms with van der Waals surface area (Å²) in [7, 11) is 0. The van der Waals surface area contributed by atoms with Gasteiger partial charge in [0.05, 0.1) is 10.7 Å². The van der Waals surface area contributed by atoms with Gasteiger partial charge in [0.25, 0.3) is 5.91 Å². The summed E-state index contributed by atoms with van der Waals surface area (Å²) in [4.78, 5) is 20.6. The Kier molecular flexibility index (Phi) is 5.38. The fourth-order valence-electron chi connectivity index (χ4n) is 2.02. The van der Waals surface area contributed by atoms with Gasteiger partial charge in [0.1, 0.15) is 5.69 Å². The summed E-state index contributed by atoms with van der Waals surface area (Å²) in [5.74, 6) is -0.159. The van der Waals surface area contributed by atoms with Gasteiger partial charge in [-0.15, -0.1) is 0 Å². The average molecular weight is 394 g/mol. The van der Waals surface area contributed by atoms with E-state index in [0.717, 1.165) is 0 Å². The van der Waals surface area contributed by atoms with E-state index in [-0.39, 0.29) is 17.5 Å². The number of nitrogens with one attached hydrogen (secondary N) is 2. The Morgan fingerprint density at radius 3 is 2.56 bits per heavy atom. The summed E-state index contributed by atoms with van der Waals surface area (Å²) in [5.41, 5.74) is 1.31. The number of hydrogen-bond acceptors (Lipinski definition) is 4. The highest BCUT2D eigenvalue weighted by molar-refractivity contribution is 6.35. The van der Waals surface area contributed by atoms with Crippen molar-refractivity contribution < 1.29 is 4.79 Å². The molecule has 0 saturated heterocycles. The van der Waals surface area contributed by atoms with Crippen molar-refractivity contribution in [1.82, 2.24) is 9.97 Å². The molecular formula is C17H11Cl3N4O. The third-order valence-corrected chi connectivity index (χ3v) is 3.95. The first-order chi connectivity index (χ1) is 12.0. The molecule has 0 aliphatic carbocycles. The molecule has 25 heavy (non-hydrogen) atoms. The van der Waals surface area contributed by atoms with Gasteiger partial charge in [0, 0.05) is 21.9 Å². The smallest absolute Gasteiger partial charge is 0.274 e. The summed E-state index contributed by atoms with van der Waals surface area (Å²) >= 11 is 18.0. The number of halogens is 3. The third kappa shape index (κ3) is 4.60. The first-order valence-corrected chi connectivity index (χ1v) is 8.27. The van der Waals surface area contributed by atoms with Crippen molar-refractivity contribution in [3.8, 4) is 0 Å². The van der Waals surface area contributed by atoms with Gasteiger partial charge in [-0.05, 0) is 42.5 Å². The van der Waals surface area contributed by atoms with Crippen LogP contribution in [0.1, 0.15) is 10.5 Å². The lowest BCUT2D eigenvalue weighted by atomic mass is 10.3. The van der Waals surface area contributed by atoms with Gasteiger partial charge in [0.15, 0.2) is 0 Å². The first kappa shape index (κ1) is 17.5. The predicted molar refractivity (Wildman–Crippen MR) is 101 cm³/mol. The molecule has 126 valence electrons. The number of amides is 1. The zero-order chi connectivity index (χ0) is 17.8. The molecule has 0 fully saturated rings. The Balaban J connectivity index is 1.79. The molecule has 3 aromatic rings. The lowest BCUT2D eigenvalue weighted by Gasteiger charge is -2.09. The van der Waals surface area contributed by atoms with Crippen molar-refractivity contribution in [3.05, 3.63) is 75.5 Å². The molecule has 0 bridgehead atoms. The van der Waals surface area contributed by atoms with E-state index in [1.54, 1.807) is 42.5 Å². The minimum atomic E-state index is -0.384. The van der Waals surface area contributed by atoms with Crippen molar-refractivity contribution in [2.45, 2.75) is 0 Å². The number of nitrogens with zero attached hydrogens (tertiary/aromatic N) is 2. The van der Waals surface area contributed by atoms with Crippen LogP contribution in [0.15, 0.2) is 54.7 Å². The molecule has 0 atom stereocenters. The lowest BCUT2D eigenvalue weighted by molar-refractivity contribution is 0.102. The quantitative estimate of drug-likeness (QED) is 0.620. The molecule has 0 radical (unpaired) electrons. The number of benzene rings is 2. The van der Waals surface area contributed by atoms with Crippen molar-refractivity contribution >= 4 is 58.0 Å². The van der Waals surface area contributed by atoms with Crippen molar-refractivity contribution in [2.75, 3.05) is 10.6 Å². The second-order valence-corrected chi connectivity index (χ2v) is 6.26. The van der Waals surface area contributed by atoms with E-state index >= 15 is 0 Å². The number of anilines is 3. The van der Waals surface area contributed by atoms with Crippen LogP contribution in [0.25, 0.3) is 0 Å². The highest BCUT2D eigenvalue weighted by Crippen LogP contribution is 2.27. The number of carbonyl (C=O) groups excluding carboxylic acids is 1. The van der Waals surface area contributed by atoms with E-state index in [0.29, 0.717) is 26.4 Å². The Hall–Kier alpha value is -2.34. The van der Waals surface area contributed by atoms with Crippen LogP contribution in [0.2, 0.25) is 15.1 Å². The maximum Gasteiger partial charge on any atom is 0.274 e. The summed E-state index contributed by atoms with van der Waals surface area (Å²) in [5, 5.41) is 7.17. The van der Waals surface area contributed by atoms with Crippen LogP contribution in [0.5, 0.6) is 0 Å². The minimum Gasteiger partial charge on any atom is -0.323 e. The van der Waals surface area contributed by atoms with Crippen molar-refractivity contribution in [1.29, 1.82) is 0 Å². The molecule has 5 nitrogen and oxygen atoms in total. The van der Waals surface area contributed by atoms with Crippen LogP contribution in [-0.2, 0) is 0 Å². The third-order valence-electron chi connectivity index (χ3n) is 3.15. The number of aromatic nitrogens is 2. The van der Waals surface area contributed by atoms with Gasteiger partial charge >= 0.3 is 0 Å². The molecular weight excluding hydrogens is 383 g/mol. The number of carbonyl (C=O) groups is 1. The standard InChI is InChI=1S/C17H11Cl3N4O/c18-10-2-1-3-12(8-10)22-16(25)14-6-7-21-17(23-14)24-15-9-11(19)4-5-13(15)20/h1-9H,(H,22,25)(H,21,23,24). The molecule has 3 rings (SSSR count). The monoisotopic (exact) mass is 392 g/mol. The molecule has 2 N–H and O–H groups in total. The first-order valence-electron chi connectivity index (χ1n) is 7.13. The van der Waals surface area contributed by atoms with E-state index in [1.165, 1.54) is 12.3 Å². The molecule has 0 saturated carbocycles. The number of hydrogen-bond donors (Lipinski definition) is 2. The fourth-order valence-corrected chi connectivity index (χ4v) is 2.55. The van der Waals surface area contributed by atoms with Crippen LogP contribution in [0.4, 0.5) is 17.3 Å². The Labute approximate surface area is 159 Å². The Bertz CT molecular complexity index is 933. The largest absolute Gasteiger partial charge is 0.323 e. The molecule has 0 aliphatic rings. The predicted octanol–water partition coefficient (Wildman–Crippen LogP) is 5.43. The fraction of sp³-hybridized carbons (Fsp3) is 0. The van der Waals surface area contributed by atoms with Crippen LogP contribution in [-0.4, -0.2) is 15.9 Å². The average Bonchev–Trinajstić information content (AvgIpc) is 2.58. The zero-order valence-corrected chi connectivity index (χ0v) is 14.9. The van der Waals surface area contributed by atoms with Crippen LogP contribution >= 0.6 is 34.8 Å². The second-order valence-electron chi connectivity index (χ2n) is 4.98. The van der Waals surface area contributed by atoms with Gasteiger partial charge < -0.3 is 10.6 Å². The SMILES string of the molecule is O=C(Nc1cccc(Cl)c1)c1ccnc(Nc2cc(Cl)ccc2Cl)n1. The molecule has 0 spiro atoms. The van der Waals surface area contributed by atoms with Gasteiger partial charge in [-0.3, -0.25) is 4.79 Å². The van der Waals surface area contributed by atoms with Crippen LogP contribution in [0, 0.1) is 0 Å². The normalized spacial score (nSPS) is 10.4. The van der Waals surface area contributed by atoms with E-state index < -0.39 is 0 Å². The summed E-state index contributed by atoms with van der Waals surface area (Å²) in [6.45, 7) is 0. The van der Waals surface area contributed by atoms with Gasteiger partial charge in [0.2, 0.25) is 5.95 Å². The molecule has 8 heteroatoms. The topological polar surface area (TPSA) is 66.9 Å². The van der Waals surface area contributed by atoms with E-state index in [4.69, 9.17) is 34.8 Å². The molecule has 0 unspecified atom stereocenters. The number of rotatable bonds is 4. The molecule has 1 aromatic heterocycles. The summed E-state index contributed by atoms with van der Waals surface area (Å²) in [6, 6.07) is 13.3. The van der Waals surface area contributed by atoms with Gasteiger partial charge in [-0.25, -0.2) is 9.97 Å². The van der Waals surface area contributed by atoms with E-state index in [2.05, 4.69) is 20.6 Å². The molecule has 2 aromatic carbocycles. The molecule has 0 aliphatic heterocycles. The van der Waals surface area contributed by atoms with Gasteiger partial charge in [-0.2, -0.15) is 0 Å². The highest BCUT2D eigenvalue weighted by Gasteiger charge is 2.11. The maximum atomic E-state index is 12.3. The van der Waals surface area contributed by atoms with E-state index in [9.17, 15) is 4.79 Å². The highest BCUT2D eigenvalue weighted by atomic mass is 35.5. The molecule has 1 amide bonds. The molecule has 1 heterocycles. The zero-order valence-electron chi connectivity index (χ0n) is 12.6. The van der Waals surface area contributed by atoms with E-state index in [1.807, 2.05) is 0 Å². The Morgan fingerprint density at radius 2 is 1.76 bits per heavy atom. The Morgan fingerprint density at radius 1 is 0.960 bits per heavy atom. The van der Waals surface area contributed by atoms with Crippen molar-refractivity contribution in [2.24, 2.45) is 0 Å². The van der Waals surface area contributed by atoms with Crippen LogP contribution < -0.4 is 10.6 Å². The van der Waals surface area contributed by atoms with Gasteiger partial charge in [-0.1, -0.05) is 40.9 Å².